The molecule has 0 aliphatic carbocycles. The summed E-state index contributed by atoms with van der Waals surface area (Å²) in [5.41, 5.74) is 5.36. The molecule has 0 bridgehead atoms. The van der Waals surface area contributed by atoms with E-state index in [1.165, 1.54) is 70.6 Å². The minimum absolute atomic E-state index is 0.0944. The van der Waals surface area contributed by atoms with Crippen LogP contribution in [0.25, 0.3) is 0 Å². The fourth-order valence-electron chi connectivity index (χ4n) is 5.22. The Labute approximate surface area is 307 Å². The first-order chi connectivity index (χ1) is 24.4. The van der Waals surface area contributed by atoms with Crippen molar-refractivity contribution in [2.24, 2.45) is 5.73 Å². The third-order valence-electron chi connectivity index (χ3n) is 8.22. The van der Waals surface area contributed by atoms with Gasteiger partial charge in [0.2, 0.25) is 0 Å². The maximum atomic E-state index is 12.5. The third kappa shape index (κ3) is 37.7. The molecule has 0 rings (SSSR count). The molecule has 0 radical (unpaired) electrons. The molecule has 0 spiro atoms. The monoisotopic (exact) mass is 726 g/mol. The molecule has 0 fully saturated rings. The minimum Gasteiger partial charge on any atom is -0.457 e. The molecule has 50 heavy (non-hydrogen) atoms. The predicted molar refractivity (Wildman–Crippen MR) is 210 cm³/mol. The van der Waals surface area contributed by atoms with Crippen molar-refractivity contribution in [2.45, 2.75) is 174 Å². The van der Waals surface area contributed by atoms with Gasteiger partial charge in [-0.05, 0) is 70.6 Å². The summed E-state index contributed by atoms with van der Waals surface area (Å²) in [6.07, 6.45) is 44.0. The summed E-state index contributed by atoms with van der Waals surface area (Å²) >= 11 is 0. The maximum absolute atomic E-state index is 12.5. The SMILES string of the molecule is CCCC/C=C\C/C=C\CCCCCCCCOCC(COP(=O)(O)OCCN)OC(=O)CCCCCCC/C=C\C/C=C\CCCCCC. The zero-order valence-corrected chi connectivity index (χ0v) is 33.0. The van der Waals surface area contributed by atoms with Crippen LogP contribution in [0.15, 0.2) is 48.6 Å². The van der Waals surface area contributed by atoms with Crippen molar-refractivity contribution in [2.75, 3.05) is 33.0 Å². The molecule has 2 atom stereocenters. The number of esters is 1. The van der Waals surface area contributed by atoms with Crippen LogP contribution in [0.1, 0.15) is 168 Å². The van der Waals surface area contributed by atoms with Crippen LogP contribution in [-0.4, -0.2) is 49.9 Å². The molecule has 0 aromatic carbocycles. The van der Waals surface area contributed by atoms with Gasteiger partial charge in [0, 0.05) is 19.6 Å². The Morgan fingerprint density at radius 2 is 1.08 bits per heavy atom. The van der Waals surface area contributed by atoms with Gasteiger partial charge >= 0.3 is 13.8 Å². The van der Waals surface area contributed by atoms with Crippen molar-refractivity contribution in [3.05, 3.63) is 48.6 Å². The highest BCUT2D eigenvalue weighted by atomic mass is 31.2. The lowest BCUT2D eigenvalue weighted by Crippen LogP contribution is -2.28. The van der Waals surface area contributed by atoms with E-state index in [-0.39, 0.29) is 32.3 Å². The van der Waals surface area contributed by atoms with Gasteiger partial charge in [0.1, 0.15) is 6.10 Å². The molecule has 0 amide bonds. The largest absolute Gasteiger partial charge is 0.472 e. The van der Waals surface area contributed by atoms with Crippen LogP contribution in [-0.2, 0) is 27.9 Å². The highest BCUT2D eigenvalue weighted by Crippen LogP contribution is 2.43. The van der Waals surface area contributed by atoms with E-state index >= 15 is 0 Å². The Morgan fingerprint density at radius 3 is 1.62 bits per heavy atom. The van der Waals surface area contributed by atoms with Gasteiger partial charge in [-0.15, -0.1) is 0 Å². The van der Waals surface area contributed by atoms with Gasteiger partial charge in [0.25, 0.3) is 0 Å². The average Bonchev–Trinajstić information content (AvgIpc) is 3.10. The summed E-state index contributed by atoms with van der Waals surface area (Å²) in [6.45, 7) is 4.81. The number of unbranched alkanes of at least 4 members (excludes halogenated alkanes) is 17. The van der Waals surface area contributed by atoms with Gasteiger partial charge in [-0.3, -0.25) is 13.8 Å². The van der Waals surface area contributed by atoms with E-state index in [9.17, 15) is 14.3 Å². The third-order valence-corrected chi connectivity index (χ3v) is 9.20. The molecule has 0 aliphatic rings. The second-order valence-electron chi connectivity index (χ2n) is 13.1. The quantitative estimate of drug-likeness (QED) is 0.0279. The molecular formula is C41H76NO7P. The van der Waals surface area contributed by atoms with Crippen molar-refractivity contribution >= 4 is 13.8 Å². The number of nitrogens with two attached hydrogens (primary N) is 1. The second-order valence-corrected chi connectivity index (χ2v) is 14.6. The Kier molecular flexibility index (Phi) is 37.5. The number of ether oxygens (including phenoxy) is 2. The van der Waals surface area contributed by atoms with E-state index in [2.05, 4.69) is 62.5 Å². The average molecular weight is 726 g/mol. The molecule has 0 aromatic heterocycles. The van der Waals surface area contributed by atoms with Crippen LogP contribution in [0.3, 0.4) is 0 Å². The maximum Gasteiger partial charge on any atom is 0.472 e. The Bertz CT molecular complexity index is 905. The molecule has 0 aromatic rings. The smallest absolute Gasteiger partial charge is 0.457 e. The molecular weight excluding hydrogens is 649 g/mol. The van der Waals surface area contributed by atoms with Crippen molar-refractivity contribution in [1.82, 2.24) is 0 Å². The minimum atomic E-state index is -4.28. The van der Waals surface area contributed by atoms with E-state index < -0.39 is 13.9 Å². The Balaban J connectivity index is 4.12. The van der Waals surface area contributed by atoms with Gasteiger partial charge in [-0.2, -0.15) is 0 Å². The number of rotatable bonds is 38. The molecule has 292 valence electrons. The van der Waals surface area contributed by atoms with Crippen LogP contribution >= 0.6 is 7.82 Å². The first kappa shape index (κ1) is 48.5. The lowest BCUT2D eigenvalue weighted by Gasteiger charge is -2.20. The summed E-state index contributed by atoms with van der Waals surface area (Å²) in [5.74, 6) is -0.350. The van der Waals surface area contributed by atoms with E-state index in [0.29, 0.717) is 13.0 Å². The molecule has 2 unspecified atom stereocenters. The van der Waals surface area contributed by atoms with E-state index in [1.54, 1.807) is 0 Å². The fraction of sp³-hybridized carbons (Fsp3) is 0.780. The zero-order valence-electron chi connectivity index (χ0n) is 32.1. The molecule has 0 aliphatic heterocycles. The molecule has 8 nitrogen and oxygen atoms in total. The first-order valence-electron chi connectivity index (χ1n) is 20.1. The predicted octanol–water partition coefficient (Wildman–Crippen LogP) is 11.6. The number of allylic oxidation sites excluding steroid dienone is 8. The van der Waals surface area contributed by atoms with Gasteiger partial charge < -0.3 is 20.1 Å². The van der Waals surface area contributed by atoms with Crippen molar-refractivity contribution in [1.29, 1.82) is 0 Å². The first-order valence-corrected chi connectivity index (χ1v) is 21.6. The zero-order chi connectivity index (χ0) is 36.6. The Morgan fingerprint density at radius 1 is 0.600 bits per heavy atom. The topological polar surface area (TPSA) is 117 Å². The number of phosphoric ester groups is 1. The molecule has 0 heterocycles. The van der Waals surface area contributed by atoms with Crippen LogP contribution in [0.5, 0.6) is 0 Å². The summed E-state index contributed by atoms with van der Waals surface area (Å²) in [4.78, 5) is 22.4. The number of hydrogen-bond donors (Lipinski definition) is 2. The normalized spacial score (nSPS) is 14.1. The van der Waals surface area contributed by atoms with Crippen molar-refractivity contribution in [3.63, 3.8) is 0 Å². The standard InChI is InChI=1S/C41H76NO7P/c1-3-5-7-9-11-13-15-17-19-20-22-24-26-28-30-32-34-41(43)49-40(39-48-50(44,45)47-37-35-42)38-46-36-33-31-29-27-25-23-21-18-16-14-12-10-8-6-4-2/h10,12-13,15-16,18-20,40H,3-9,11,14,17,21-39,42H2,1-2H3,(H,44,45)/b12-10-,15-13-,18-16-,20-19-. The van der Waals surface area contributed by atoms with Crippen LogP contribution in [0, 0.1) is 0 Å². The highest BCUT2D eigenvalue weighted by molar-refractivity contribution is 7.47. The number of hydrogen-bond acceptors (Lipinski definition) is 7. The van der Waals surface area contributed by atoms with Gasteiger partial charge in [-0.1, -0.05) is 140 Å². The van der Waals surface area contributed by atoms with Crippen LogP contribution < -0.4 is 5.73 Å². The van der Waals surface area contributed by atoms with Gasteiger partial charge in [-0.25, -0.2) is 4.57 Å². The van der Waals surface area contributed by atoms with Gasteiger partial charge in [0.15, 0.2) is 0 Å². The van der Waals surface area contributed by atoms with Gasteiger partial charge in [0.05, 0.1) is 19.8 Å². The van der Waals surface area contributed by atoms with E-state index in [4.69, 9.17) is 24.3 Å². The lowest BCUT2D eigenvalue weighted by atomic mass is 10.1. The van der Waals surface area contributed by atoms with Crippen molar-refractivity contribution in [3.8, 4) is 0 Å². The summed E-state index contributed by atoms with van der Waals surface area (Å²) < 4.78 is 33.3. The lowest BCUT2D eigenvalue weighted by molar-refractivity contribution is -0.154. The fourth-order valence-corrected chi connectivity index (χ4v) is 5.98. The van der Waals surface area contributed by atoms with E-state index in [0.717, 1.165) is 77.0 Å². The van der Waals surface area contributed by atoms with Crippen LogP contribution in [0.2, 0.25) is 0 Å². The van der Waals surface area contributed by atoms with Crippen LogP contribution in [0.4, 0.5) is 0 Å². The molecule has 0 saturated heterocycles. The molecule has 0 saturated carbocycles. The summed E-state index contributed by atoms with van der Waals surface area (Å²) in [5, 5.41) is 0. The number of carbonyl (C=O) groups excluding carboxylic acids is 1. The van der Waals surface area contributed by atoms with E-state index in [1.807, 2.05) is 0 Å². The summed E-state index contributed by atoms with van der Waals surface area (Å²) in [6, 6.07) is 0. The highest BCUT2D eigenvalue weighted by Gasteiger charge is 2.25. The van der Waals surface area contributed by atoms with Crippen molar-refractivity contribution < 1.29 is 32.8 Å². The number of carbonyl (C=O) groups is 1. The molecule has 9 heteroatoms. The summed E-state index contributed by atoms with van der Waals surface area (Å²) in [7, 11) is -4.28. The Hall–Kier alpha value is -1.54. The second kappa shape index (κ2) is 38.7. The number of phosphoric acid groups is 1. The molecule has 3 N–H and O–H groups in total.